The van der Waals surface area contributed by atoms with Crippen LogP contribution >= 0.6 is 11.6 Å². The second kappa shape index (κ2) is 7.56. The minimum atomic E-state index is -0.223. The molecule has 146 valence electrons. The molecule has 0 aliphatic heterocycles. The van der Waals surface area contributed by atoms with Crippen molar-refractivity contribution >= 4 is 45.0 Å². The van der Waals surface area contributed by atoms with E-state index in [9.17, 15) is 9.59 Å². The van der Waals surface area contributed by atoms with E-state index in [0.717, 1.165) is 11.1 Å². The van der Waals surface area contributed by atoms with Crippen LogP contribution in [0.15, 0.2) is 59.5 Å². The van der Waals surface area contributed by atoms with Crippen LogP contribution in [0.1, 0.15) is 5.69 Å². The van der Waals surface area contributed by atoms with Gasteiger partial charge in [-0.15, -0.1) is 0 Å². The van der Waals surface area contributed by atoms with Crippen molar-refractivity contribution in [2.45, 2.75) is 13.5 Å². The number of pyridine rings is 2. The van der Waals surface area contributed by atoms with Gasteiger partial charge in [-0.1, -0.05) is 23.7 Å². The van der Waals surface area contributed by atoms with Crippen LogP contribution in [0, 0.1) is 6.92 Å². The van der Waals surface area contributed by atoms with Crippen molar-refractivity contribution in [3.05, 3.63) is 75.7 Å². The fraction of sp³-hybridized carbons (Fsp3) is 0.136. The van der Waals surface area contributed by atoms with E-state index in [1.165, 1.54) is 6.07 Å². The number of hydrogen-bond acceptors (Lipinski definition) is 4. The average Bonchev–Trinajstić information content (AvgIpc) is 2.69. The van der Waals surface area contributed by atoms with Gasteiger partial charge in [0.05, 0.1) is 18.3 Å². The maximum atomic E-state index is 12.8. The molecular weight excluding hydrogens is 390 g/mol. The lowest BCUT2D eigenvalue weighted by molar-refractivity contribution is -0.116. The summed E-state index contributed by atoms with van der Waals surface area (Å²) in [5.74, 6) is 0.421. The highest BCUT2D eigenvalue weighted by molar-refractivity contribution is 6.31. The van der Waals surface area contributed by atoms with Gasteiger partial charge in [0.1, 0.15) is 17.8 Å². The number of anilines is 1. The molecule has 29 heavy (non-hydrogen) atoms. The van der Waals surface area contributed by atoms with E-state index in [4.69, 9.17) is 16.3 Å². The Hall–Kier alpha value is -3.38. The Bertz CT molecular complexity index is 1310. The van der Waals surface area contributed by atoms with Crippen molar-refractivity contribution in [1.29, 1.82) is 0 Å². The molecule has 2 heterocycles. The number of halogens is 1. The number of rotatable bonds is 4. The van der Waals surface area contributed by atoms with Crippen LogP contribution in [0.2, 0.25) is 5.02 Å². The fourth-order valence-corrected chi connectivity index (χ4v) is 3.56. The monoisotopic (exact) mass is 407 g/mol. The zero-order valence-corrected chi connectivity index (χ0v) is 16.7. The molecule has 0 bridgehead atoms. The van der Waals surface area contributed by atoms with Crippen LogP contribution < -0.4 is 15.5 Å². The molecule has 0 atom stereocenters. The summed E-state index contributed by atoms with van der Waals surface area (Å²) in [5.41, 5.74) is 2.62. The number of methoxy groups -OCH3 is 1. The predicted molar refractivity (Wildman–Crippen MR) is 115 cm³/mol. The van der Waals surface area contributed by atoms with Crippen LogP contribution in [-0.2, 0) is 11.3 Å². The molecule has 1 N–H and O–H groups in total. The number of fused-ring (bicyclic) bond motifs is 2. The van der Waals surface area contributed by atoms with Crippen LogP contribution in [0.3, 0.4) is 0 Å². The second-order valence-corrected chi connectivity index (χ2v) is 7.12. The number of aromatic nitrogens is 2. The van der Waals surface area contributed by atoms with Crippen molar-refractivity contribution in [3.8, 4) is 5.75 Å². The SMILES string of the molecule is COc1cccc2c(NC(=O)Cn3ccc(=O)c4cc(Cl)ccc43)cc(C)nc12. The minimum Gasteiger partial charge on any atom is -0.494 e. The lowest BCUT2D eigenvalue weighted by Gasteiger charge is -2.14. The first-order valence-electron chi connectivity index (χ1n) is 8.99. The van der Waals surface area contributed by atoms with Gasteiger partial charge in [0.15, 0.2) is 5.43 Å². The number of carbonyl (C=O) groups excluding carboxylic acids is 1. The predicted octanol–water partition coefficient (Wildman–Crippen LogP) is 4.16. The number of nitrogens with one attached hydrogen (secondary N) is 1. The number of para-hydroxylation sites is 1. The molecule has 0 radical (unpaired) electrons. The smallest absolute Gasteiger partial charge is 0.244 e. The van der Waals surface area contributed by atoms with E-state index in [-0.39, 0.29) is 17.9 Å². The molecule has 7 heteroatoms. The molecule has 0 spiro atoms. The van der Waals surface area contributed by atoms with E-state index in [2.05, 4.69) is 10.3 Å². The fourth-order valence-electron chi connectivity index (χ4n) is 3.38. The van der Waals surface area contributed by atoms with Gasteiger partial charge in [-0.25, -0.2) is 4.98 Å². The van der Waals surface area contributed by atoms with Gasteiger partial charge in [0, 0.05) is 33.8 Å². The molecule has 1 amide bonds. The van der Waals surface area contributed by atoms with Gasteiger partial charge in [-0.05, 0) is 37.3 Å². The lowest BCUT2D eigenvalue weighted by atomic mass is 10.1. The summed E-state index contributed by atoms with van der Waals surface area (Å²) >= 11 is 6.01. The van der Waals surface area contributed by atoms with Gasteiger partial charge in [-0.2, -0.15) is 0 Å². The largest absolute Gasteiger partial charge is 0.494 e. The Morgan fingerprint density at radius 3 is 2.79 bits per heavy atom. The molecule has 0 aliphatic carbocycles. The molecule has 0 saturated carbocycles. The summed E-state index contributed by atoms with van der Waals surface area (Å²) in [4.78, 5) is 29.4. The number of hydrogen-bond donors (Lipinski definition) is 1. The first-order chi connectivity index (χ1) is 14.0. The highest BCUT2D eigenvalue weighted by Gasteiger charge is 2.12. The van der Waals surface area contributed by atoms with Crippen molar-refractivity contribution < 1.29 is 9.53 Å². The third kappa shape index (κ3) is 3.67. The summed E-state index contributed by atoms with van der Waals surface area (Å²) in [6.45, 7) is 1.91. The quantitative estimate of drug-likeness (QED) is 0.551. The zero-order valence-electron chi connectivity index (χ0n) is 15.9. The van der Waals surface area contributed by atoms with Gasteiger partial charge in [0.25, 0.3) is 0 Å². The second-order valence-electron chi connectivity index (χ2n) is 6.69. The molecule has 4 rings (SSSR count). The minimum absolute atomic E-state index is 0.0469. The lowest BCUT2D eigenvalue weighted by Crippen LogP contribution is -2.20. The Labute approximate surface area is 171 Å². The zero-order chi connectivity index (χ0) is 20.5. The van der Waals surface area contributed by atoms with Crippen molar-refractivity contribution in [2.75, 3.05) is 12.4 Å². The number of aryl methyl sites for hydroxylation is 1. The summed E-state index contributed by atoms with van der Waals surface area (Å²) in [5, 5.41) is 4.70. The number of nitrogens with zero attached hydrogens (tertiary/aromatic N) is 2. The molecule has 0 aliphatic rings. The van der Waals surface area contributed by atoms with Gasteiger partial charge >= 0.3 is 0 Å². The topological polar surface area (TPSA) is 73.2 Å². The normalized spacial score (nSPS) is 11.0. The van der Waals surface area contributed by atoms with E-state index >= 15 is 0 Å². The van der Waals surface area contributed by atoms with Gasteiger partial charge in [-0.3, -0.25) is 9.59 Å². The summed E-state index contributed by atoms with van der Waals surface area (Å²) in [7, 11) is 1.59. The highest BCUT2D eigenvalue weighted by Crippen LogP contribution is 2.30. The van der Waals surface area contributed by atoms with Crippen LogP contribution in [0.4, 0.5) is 5.69 Å². The Morgan fingerprint density at radius 1 is 1.17 bits per heavy atom. The van der Waals surface area contributed by atoms with E-state index < -0.39 is 0 Å². The van der Waals surface area contributed by atoms with Crippen molar-refractivity contribution in [1.82, 2.24) is 9.55 Å². The standard InChI is InChI=1S/C22H18ClN3O3/c1-13-10-17(15-4-3-5-20(29-2)22(15)24-13)25-21(28)12-26-9-8-19(27)16-11-14(23)6-7-18(16)26/h3-11H,12H2,1-2H3,(H,24,25,28). The van der Waals surface area contributed by atoms with E-state index in [0.29, 0.717) is 32.9 Å². The Balaban J connectivity index is 1.69. The van der Waals surface area contributed by atoms with Gasteiger partial charge < -0.3 is 14.6 Å². The van der Waals surface area contributed by atoms with Crippen molar-refractivity contribution in [3.63, 3.8) is 0 Å². The summed E-state index contributed by atoms with van der Waals surface area (Å²) in [6.07, 6.45) is 1.61. The Morgan fingerprint density at radius 2 is 2.00 bits per heavy atom. The van der Waals surface area contributed by atoms with Crippen LogP contribution in [-0.4, -0.2) is 22.6 Å². The van der Waals surface area contributed by atoms with E-state index in [1.54, 1.807) is 36.1 Å². The number of amides is 1. The van der Waals surface area contributed by atoms with Crippen molar-refractivity contribution in [2.24, 2.45) is 0 Å². The van der Waals surface area contributed by atoms with Crippen LogP contribution in [0.5, 0.6) is 5.75 Å². The van der Waals surface area contributed by atoms with Gasteiger partial charge in [0.2, 0.25) is 5.91 Å². The number of ether oxygens (including phenoxy) is 1. The molecular formula is C22H18ClN3O3. The van der Waals surface area contributed by atoms with E-state index in [1.807, 2.05) is 31.2 Å². The number of benzene rings is 2. The Kier molecular flexibility index (Phi) is 4.94. The summed E-state index contributed by atoms with van der Waals surface area (Å²) in [6, 6.07) is 13.9. The maximum absolute atomic E-state index is 12.8. The first-order valence-corrected chi connectivity index (χ1v) is 9.37. The number of carbonyl (C=O) groups is 1. The molecule has 2 aromatic carbocycles. The third-order valence-corrected chi connectivity index (χ3v) is 4.91. The first kappa shape index (κ1) is 19.0. The summed E-state index contributed by atoms with van der Waals surface area (Å²) < 4.78 is 7.11. The molecule has 0 saturated heterocycles. The maximum Gasteiger partial charge on any atom is 0.244 e. The molecule has 0 unspecified atom stereocenters. The third-order valence-electron chi connectivity index (χ3n) is 4.68. The molecule has 0 fully saturated rings. The van der Waals surface area contributed by atoms with Crippen LogP contribution in [0.25, 0.3) is 21.8 Å². The average molecular weight is 408 g/mol. The molecule has 6 nitrogen and oxygen atoms in total. The highest BCUT2D eigenvalue weighted by atomic mass is 35.5. The molecule has 4 aromatic rings. The molecule has 2 aromatic heterocycles.